The lowest BCUT2D eigenvalue weighted by Gasteiger charge is -2.02. The second kappa shape index (κ2) is 6.12. The third kappa shape index (κ3) is 3.07. The minimum Gasteiger partial charge on any atom is -0.459 e. The van der Waals surface area contributed by atoms with Gasteiger partial charge in [0.2, 0.25) is 0 Å². The minimum absolute atomic E-state index is 0.257. The summed E-state index contributed by atoms with van der Waals surface area (Å²) < 4.78 is 10.9. The number of hydrogen-bond donors (Lipinski definition) is 1. The number of carbonyl (C=O) groups excluding carboxylic acids is 1. The molecule has 2 aromatic heterocycles. The number of hydrogen-bond acceptors (Lipinski definition) is 3. The van der Waals surface area contributed by atoms with Gasteiger partial charge < -0.3 is 14.2 Å². The van der Waals surface area contributed by atoms with Gasteiger partial charge in [-0.2, -0.15) is 0 Å². The summed E-state index contributed by atoms with van der Waals surface area (Å²) >= 11 is 5.86. The number of furan rings is 2. The fourth-order valence-corrected chi connectivity index (χ4v) is 2.22. The van der Waals surface area contributed by atoms with E-state index in [-0.39, 0.29) is 5.91 Å². The first-order valence-corrected chi connectivity index (χ1v) is 7.18. The van der Waals surface area contributed by atoms with Crippen molar-refractivity contribution in [3.05, 3.63) is 70.8 Å². The van der Waals surface area contributed by atoms with E-state index in [0.29, 0.717) is 23.1 Å². The highest BCUT2D eigenvalue weighted by molar-refractivity contribution is 6.30. The molecule has 0 saturated heterocycles. The Morgan fingerprint density at radius 3 is 2.59 bits per heavy atom. The average molecular weight is 316 g/mol. The monoisotopic (exact) mass is 315 g/mol. The zero-order chi connectivity index (χ0) is 15.5. The minimum atomic E-state index is -0.257. The number of amides is 1. The molecule has 1 N–H and O–H groups in total. The molecule has 3 rings (SSSR count). The lowest BCUT2D eigenvalue weighted by atomic mass is 10.2. The van der Waals surface area contributed by atoms with Crippen LogP contribution in [0, 0.1) is 6.92 Å². The van der Waals surface area contributed by atoms with Crippen LogP contribution in [0.3, 0.4) is 0 Å². The Hall–Kier alpha value is -2.46. The lowest BCUT2D eigenvalue weighted by molar-refractivity contribution is 0.0919. The first-order valence-electron chi connectivity index (χ1n) is 6.80. The zero-order valence-electron chi connectivity index (χ0n) is 11.9. The maximum Gasteiger partial charge on any atom is 0.287 e. The van der Waals surface area contributed by atoms with E-state index in [2.05, 4.69) is 5.32 Å². The third-order valence-electron chi connectivity index (χ3n) is 3.28. The van der Waals surface area contributed by atoms with E-state index in [9.17, 15) is 4.79 Å². The Morgan fingerprint density at radius 2 is 1.91 bits per heavy atom. The molecule has 0 aliphatic heterocycles. The molecule has 5 heteroatoms. The van der Waals surface area contributed by atoms with Crippen molar-refractivity contribution in [1.82, 2.24) is 5.32 Å². The standard InChI is InChI=1S/C17H14ClNO3/c1-11-8-9-21-16(11)17(20)19-10-14-6-7-15(22-14)12-2-4-13(18)5-3-12/h2-9H,10H2,1H3,(H,19,20). The van der Waals surface area contributed by atoms with Gasteiger partial charge in [0, 0.05) is 16.1 Å². The maximum atomic E-state index is 12.0. The topological polar surface area (TPSA) is 55.4 Å². The van der Waals surface area contributed by atoms with E-state index >= 15 is 0 Å². The Kier molecular flexibility index (Phi) is 4.02. The largest absolute Gasteiger partial charge is 0.459 e. The molecule has 22 heavy (non-hydrogen) atoms. The maximum absolute atomic E-state index is 12.0. The summed E-state index contributed by atoms with van der Waals surface area (Å²) in [7, 11) is 0. The first-order chi connectivity index (χ1) is 10.6. The molecule has 2 heterocycles. The number of benzene rings is 1. The number of nitrogens with one attached hydrogen (secondary N) is 1. The first kappa shape index (κ1) is 14.5. The van der Waals surface area contributed by atoms with Crippen LogP contribution in [-0.2, 0) is 6.54 Å². The summed E-state index contributed by atoms with van der Waals surface area (Å²) in [6, 6.07) is 12.8. The van der Waals surface area contributed by atoms with Gasteiger partial charge in [0.15, 0.2) is 5.76 Å². The lowest BCUT2D eigenvalue weighted by Crippen LogP contribution is -2.22. The summed E-state index contributed by atoms with van der Waals surface area (Å²) in [4.78, 5) is 12.0. The van der Waals surface area contributed by atoms with E-state index in [0.717, 1.165) is 16.9 Å². The van der Waals surface area contributed by atoms with Crippen LogP contribution >= 0.6 is 11.6 Å². The highest BCUT2D eigenvalue weighted by Gasteiger charge is 2.13. The molecule has 1 aromatic carbocycles. The molecule has 0 radical (unpaired) electrons. The molecule has 0 fully saturated rings. The average Bonchev–Trinajstić information content (AvgIpc) is 3.14. The van der Waals surface area contributed by atoms with Gasteiger partial charge in [-0.15, -0.1) is 0 Å². The van der Waals surface area contributed by atoms with Crippen molar-refractivity contribution >= 4 is 17.5 Å². The van der Waals surface area contributed by atoms with Gasteiger partial charge in [-0.05, 0) is 49.4 Å². The Bertz CT molecular complexity index is 786. The Balaban J connectivity index is 1.66. The highest BCUT2D eigenvalue weighted by Crippen LogP contribution is 2.23. The summed E-state index contributed by atoms with van der Waals surface area (Å²) in [6.07, 6.45) is 1.50. The second-order valence-corrected chi connectivity index (χ2v) is 5.32. The molecular formula is C17H14ClNO3. The predicted molar refractivity (Wildman–Crippen MR) is 83.8 cm³/mol. The summed E-state index contributed by atoms with van der Waals surface area (Å²) in [5.41, 5.74) is 1.74. The second-order valence-electron chi connectivity index (χ2n) is 4.89. The van der Waals surface area contributed by atoms with Crippen molar-refractivity contribution in [3.8, 4) is 11.3 Å². The van der Waals surface area contributed by atoms with Crippen molar-refractivity contribution < 1.29 is 13.6 Å². The molecule has 1 amide bonds. The molecule has 4 nitrogen and oxygen atoms in total. The fraction of sp³-hybridized carbons (Fsp3) is 0.118. The van der Waals surface area contributed by atoms with Crippen LogP contribution in [0.2, 0.25) is 5.02 Å². The van der Waals surface area contributed by atoms with Crippen LogP contribution in [0.15, 0.2) is 57.6 Å². The summed E-state index contributed by atoms with van der Waals surface area (Å²) in [5, 5.41) is 3.45. The SMILES string of the molecule is Cc1ccoc1C(=O)NCc1ccc(-c2ccc(Cl)cc2)o1. The molecule has 0 bridgehead atoms. The molecular weight excluding hydrogens is 302 g/mol. The van der Waals surface area contributed by atoms with Gasteiger partial charge in [0.25, 0.3) is 5.91 Å². The highest BCUT2D eigenvalue weighted by atomic mass is 35.5. The van der Waals surface area contributed by atoms with Crippen LogP contribution in [0.5, 0.6) is 0 Å². The number of aryl methyl sites for hydroxylation is 1. The molecule has 0 aliphatic carbocycles. The quantitative estimate of drug-likeness (QED) is 0.774. The van der Waals surface area contributed by atoms with E-state index in [4.69, 9.17) is 20.4 Å². The van der Waals surface area contributed by atoms with Crippen molar-refractivity contribution in [2.24, 2.45) is 0 Å². The Morgan fingerprint density at radius 1 is 1.14 bits per heavy atom. The van der Waals surface area contributed by atoms with E-state index < -0.39 is 0 Å². The van der Waals surface area contributed by atoms with Crippen molar-refractivity contribution in [2.75, 3.05) is 0 Å². The summed E-state index contributed by atoms with van der Waals surface area (Å²) in [5.74, 6) is 1.47. The van der Waals surface area contributed by atoms with Crippen molar-refractivity contribution in [3.63, 3.8) is 0 Å². The molecule has 0 saturated carbocycles. The van der Waals surface area contributed by atoms with Gasteiger partial charge in [-0.3, -0.25) is 4.79 Å². The normalized spacial score (nSPS) is 10.6. The van der Waals surface area contributed by atoms with Crippen molar-refractivity contribution in [1.29, 1.82) is 0 Å². The number of carbonyl (C=O) groups is 1. The Labute approximate surface area is 132 Å². The van der Waals surface area contributed by atoms with E-state index in [1.54, 1.807) is 18.2 Å². The van der Waals surface area contributed by atoms with Gasteiger partial charge in [0.1, 0.15) is 11.5 Å². The number of halogens is 1. The van der Waals surface area contributed by atoms with Gasteiger partial charge >= 0.3 is 0 Å². The van der Waals surface area contributed by atoms with Crippen LogP contribution in [0.4, 0.5) is 0 Å². The third-order valence-corrected chi connectivity index (χ3v) is 3.53. The predicted octanol–water partition coefficient (Wildman–Crippen LogP) is 4.43. The molecule has 0 aliphatic rings. The van der Waals surface area contributed by atoms with Crippen LogP contribution in [0.25, 0.3) is 11.3 Å². The molecule has 0 spiro atoms. The molecule has 0 atom stereocenters. The van der Waals surface area contributed by atoms with E-state index in [1.807, 2.05) is 31.2 Å². The van der Waals surface area contributed by atoms with Crippen LogP contribution in [0.1, 0.15) is 21.9 Å². The summed E-state index contributed by atoms with van der Waals surface area (Å²) in [6.45, 7) is 2.12. The van der Waals surface area contributed by atoms with Gasteiger partial charge in [-0.25, -0.2) is 0 Å². The van der Waals surface area contributed by atoms with Crippen LogP contribution < -0.4 is 5.32 Å². The fourth-order valence-electron chi connectivity index (χ4n) is 2.10. The van der Waals surface area contributed by atoms with Gasteiger partial charge in [0.05, 0.1) is 12.8 Å². The van der Waals surface area contributed by atoms with E-state index in [1.165, 1.54) is 6.26 Å². The van der Waals surface area contributed by atoms with Crippen molar-refractivity contribution in [2.45, 2.75) is 13.5 Å². The number of rotatable bonds is 4. The molecule has 0 unspecified atom stereocenters. The molecule has 3 aromatic rings. The van der Waals surface area contributed by atoms with Gasteiger partial charge in [-0.1, -0.05) is 11.6 Å². The smallest absolute Gasteiger partial charge is 0.287 e. The van der Waals surface area contributed by atoms with Crippen LogP contribution in [-0.4, -0.2) is 5.91 Å². The molecule has 112 valence electrons. The zero-order valence-corrected chi connectivity index (χ0v) is 12.7.